The van der Waals surface area contributed by atoms with E-state index >= 15 is 0 Å². The van der Waals surface area contributed by atoms with Crippen molar-refractivity contribution < 1.29 is 19.3 Å². The van der Waals surface area contributed by atoms with E-state index in [1.165, 1.54) is 0 Å². The maximum atomic E-state index is 10.8. The molecule has 2 saturated heterocycles. The molecule has 3 atom stereocenters. The average Bonchev–Trinajstić information content (AvgIpc) is 2.38. The van der Waals surface area contributed by atoms with Gasteiger partial charge in [-0.15, -0.1) is 0 Å². The summed E-state index contributed by atoms with van der Waals surface area (Å²) in [5, 5.41) is 10.8. The first-order valence-corrected chi connectivity index (χ1v) is 7.80. The number of hydrogen-bond acceptors (Lipinski definition) is 4. The summed E-state index contributed by atoms with van der Waals surface area (Å²) >= 11 is 0. The number of methoxy groups -OCH3 is 1. The van der Waals surface area contributed by atoms with Crippen molar-refractivity contribution in [3.63, 3.8) is 0 Å². The van der Waals surface area contributed by atoms with Crippen LogP contribution in [0.2, 0.25) is 0 Å². The highest BCUT2D eigenvalue weighted by atomic mass is 16.5. The monoisotopic (exact) mass is 286 g/mol. The first kappa shape index (κ1) is 16.2. The van der Waals surface area contributed by atoms with Crippen molar-refractivity contribution >= 4 is 0 Å². The van der Waals surface area contributed by atoms with E-state index in [1.54, 1.807) is 7.11 Å². The zero-order valence-electron chi connectivity index (χ0n) is 13.4. The molecule has 2 rings (SSSR count). The minimum Gasteiger partial charge on any atom is -0.390 e. The van der Waals surface area contributed by atoms with Gasteiger partial charge in [-0.05, 0) is 37.0 Å². The topological polar surface area (TPSA) is 47.9 Å². The molecule has 2 aliphatic rings. The van der Waals surface area contributed by atoms with E-state index in [0.29, 0.717) is 0 Å². The van der Waals surface area contributed by atoms with Crippen LogP contribution in [0.25, 0.3) is 0 Å². The summed E-state index contributed by atoms with van der Waals surface area (Å²) in [5.41, 5.74) is -0.131. The predicted octanol–water partition coefficient (Wildman–Crippen LogP) is 2.38. The lowest BCUT2D eigenvalue weighted by molar-refractivity contribution is -0.176. The van der Waals surface area contributed by atoms with Crippen molar-refractivity contribution in [2.24, 2.45) is 11.3 Å². The Hall–Kier alpha value is -0.160. The first-order chi connectivity index (χ1) is 9.38. The second-order valence-corrected chi connectivity index (χ2v) is 7.41. The van der Waals surface area contributed by atoms with Gasteiger partial charge in [-0.25, -0.2) is 0 Å². The fraction of sp³-hybridized carbons (Fsp3) is 1.00. The summed E-state index contributed by atoms with van der Waals surface area (Å²) in [6, 6.07) is 0. The van der Waals surface area contributed by atoms with Crippen LogP contribution in [0.3, 0.4) is 0 Å². The lowest BCUT2D eigenvalue weighted by Gasteiger charge is -2.46. The van der Waals surface area contributed by atoms with Gasteiger partial charge in [-0.1, -0.05) is 20.8 Å². The van der Waals surface area contributed by atoms with Crippen LogP contribution >= 0.6 is 0 Å². The van der Waals surface area contributed by atoms with Crippen LogP contribution in [0, 0.1) is 11.3 Å². The molecule has 2 fully saturated rings. The molecule has 0 aliphatic carbocycles. The summed E-state index contributed by atoms with van der Waals surface area (Å²) in [5.74, 6) is 0.256. The number of aliphatic hydroxyl groups is 1. The van der Waals surface area contributed by atoms with Gasteiger partial charge in [0.2, 0.25) is 0 Å². The van der Waals surface area contributed by atoms with E-state index in [1.807, 2.05) is 0 Å². The minimum absolute atomic E-state index is 0.0602. The van der Waals surface area contributed by atoms with Gasteiger partial charge in [-0.3, -0.25) is 0 Å². The fourth-order valence-corrected chi connectivity index (χ4v) is 3.70. The molecule has 0 amide bonds. The van der Waals surface area contributed by atoms with Crippen molar-refractivity contribution in [1.29, 1.82) is 0 Å². The molecular formula is C16H30O4. The van der Waals surface area contributed by atoms with Gasteiger partial charge < -0.3 is 19.3 Å². The fourth-order valence-electron chi connectivity index (χ4n) is 3.70. The molecule has 0 bridgehead atoms. The van der Waals surface area contributed by atoms with Crippen LogP contribution in [0.4, 0.5) is 0 Å². The van der Waals surface area contributed by atoms with Crippen LogP contribution in [0.15, 0.2) is 0 Å². The molecule has 2 aliphatic heterocycles. The Kier molecular flexibility index (Phi) is 5.11. The number of ether oxygens (including phenoxy) is 3. The molecule has 2 heterocycles. The van der Waals surface area contributed by atoms with Crippen molar-refractivity contribution in [1.82, 2.24) is 0 Å². The van der Waals surface area contributed by atoms with Crippen LogP contribution in [0.5, 0.6) is 0 Å². The number of aliphatic hydroxyl groups excluding tert-OH is 1. The third kappa shape index (κ3) is 3.53. The third-order valence-corrected chi connectivity index (χ3v) is 4.84. The largest absolute Gasteiger partial charge is 0.390 e. The van der Waals surface area contributed by atoms with E-state index in [9.17, 15) is 5.11 Å². The molecule has 1 spiro atoms. The SMILES string of the molecule is COC(C(O)C1CCOC2(CCOCC2)C1)C(C)(C)C. The second kappa shape index (κ2) is 6.30. The quantitative estimate of drug-likeness (QED) is 0.865. The Morgan fingerprint density at radius 1 is 1.20 bits per heavy atom. The van der Waals surface area contributed by atoms with Gasteiger partial charge in [0, 0.05) is 26.9 Å². The third-order valence-electron chi connectivity index (χ3n) is 4.84. The standard InChI is InChI=1S/C16H30O4/c1-15(2,3)14(18-4)13(17)12-5-8-20-16(11-12)6-9-19-10-7-16/h12-14,17H,5-11H2,1-4H3. The average molecular weight is 286 g/mol. The summed E-state index contributed by atoms with van der Waals surface area (Å²) in [7, 11) is 1.70. The van der Waals surface area contributed by atoms with Gasteiger partial charge in [0.15, 0.2) is 0 Å². The first-order valence-electron chi connectivity index (χ1n) is 7.80. The number of rotatable bonds is 3. The van der Waals surface area contributed by atoms with E-state index in [-0.39, 0.29) is 23.0 Å². The van der Waals surface area contributed by atoms with E-state index in [2.05, 4.69) is 20.8 Å². The predicted molar refractivity (Wildman–Crippen MR) is 77.7 cm³/mol. The molecule has 0 aromatic heterocycles. The lowest BCUT2D eigenvalue weighted by atomic mass is 9.74. The molecule has 4 heteroatoms. The lowest BCUT2D eigenvalue weighted by Crippen LogP contribution is -2.51. The zero-order valence-corrected chi connectivity index (χ0v) is 13.4. The van der Waals surface area contributed by atoms with Crippen LogP contribution in [-0.4, -0.2) is 49.8 Å². The molecule has 1 N–H and O–H groups in total. The highest BCUT2D eigenvalue weighted by Crippen LogP contribution is 2.40. The Labute approximate surface area is 122 Å². The van der Waals surface area contributed by atoms with E-state index in [4.69, 9.17) is 14.2 Å². The Balaban J connectivity index is 2.04. The second-order valence-electron chi connectivity index (χ2n) is 7.41. The van der Waals surface area contributed by atoms with Gasteiger partial charge in [0.05, 0.1) is 17.8 Å². The maximum absolute atomic E-state index is 10.8. The molecule has 4 nitrogen and oxygen atoms in total. The van der Waals surface area contributed by atoms with Crippen molar-refractivity contribution in [2.45, 2.75) is 64.3 Å². The summed E-state index contributed by atoms with van der Waals surface area (Å²) < 4.78 is 17.1. The summed E-state index contributed by atoms with van der Waals surface area (Å²) in [4.78, 5) is 0. The Bertz CT molecular complexity index is 299. The van der Waals surface area contributed by atoms with Gasteiger partial charge >= 0.3 is 0 Å². The molecule has 0 saturated carbocycles. The Morgan fingerprint density at radius 3 is 2.40 bits per heavy atom. The highest BCUT2D eigenvalue weighted by Gasteiger charge is 2.44. The van der Waals surface area contributed by atoms with Gasteiger partial charge in [0.1, 0.15) is 0 Å². The minimum atomic E-state index is -0.427. The smallest absolute Gasteiger partial charge is 0.0880 e. The molecular weight excluding hydrogens is 256 g/mol. The molecule has 3 unspecified atom stereocenters. The zero-order chi connectivity index (χ0) is 14.8. The maximum Gasteiger partial charge on any atom is 0.0880 e. The Morgan fingerprint density at radius 2 is 1.85 bits per heavy atom. The normalized spacial score (nSPS) is 30.1. The van der Waals surface area contributed by atoms with Gasteiger partial charge in [-0.2, -0.15) is 0 Å². The van der Waals surface area contributed by atoms with Crippen molar-refractivity contribution in [3.05, 3.63) is 0 Å². The molecule has 0 aromatic rings. The van der Waals surface area contributed by atoms with Gasteiger partial charge in [0.25, 0.3) is 0 Å². The van der Waals surface area contributed by atoms with Crippen LogP contribution in [0.1, 0.15) is 46.5 Å². The highest BCUT2D eigenvalue weighted by molar-refractivity contribution is 4.94. The van der Waals surface area contributed by atoms with E-state index < -0.39 is 6.10 Å². The molecule has 20 heavy (non-hydrogen) atoms. The van der Waals surface area contributed by atoms with Crippen LogP contribution < -0.4 is 0 Å². The van der Waals surface area contributed by atoms with Crippen molar-refractivity contribution in [3.8, 4) is 0 Å². The van der Waals surface area contributed by atoms with E-state index in [0.717, 1.165) is 45.5 Å². The molecule has 0 aromatic carbocycles. The van der Waals surface area contributed by atoms with Crippen molar-refractivity contribution in [2.75, 3.05) is 26.9 Å². The molecule has 0 radical (unpaired) electrons. The summed E-state index contributed by atoms with van der Waals surface area (Å²) in [6.45, 7) is 8.64. The number of hydrogen-bond donors (Lipinski definition) is 1. The van der Waals surface area contributed by atoms with Crippen LogP contribution in [-0.2, 0) is 14.2 Å². The molecule has 118 valence electrons. The summed E-state index contributed by atoms with van der Waals surface area (Å²) in [6.07, 6.45) is 3.17.